The van der Waals surface area contributed by atoms with Gasteiger partial charge in [0, 0.05) is 39.8 Å². The summed E-state index contributed by atoms with van der Waals surface area (Å²) in [5.41, 5.74) is -0.885. The number of aromatic amines is 1. The van der Waals surface area contributed by atoms with Gasteiger partial charge in [0.25, 0.3) is 5.56 Å². The molecule has 2 aromatic heterocycles. The zero-order chi connectivity index (χ0) is 33.1. The molecule has 2 aromatic carbocycles. The third kappa shape index (κ3) is 8.16. The predicted octanol–water partition coefficient (Wildman–Crippen LogP) is 4.38. The Labute approximate surface area is 270 Å². The molecule has 0 spiro atoms. The summed E-state index contributed by atoms with van der Waals surface area (Å²) in [6.07, 6.45) is -0.657. The van der Waals surface area contributed by atoms with E-state index in [1.54, 1.807) is 44.2 Å². The zero-order valence-electron chi connectivity index (χ0n) is 24.2. The second-order valence-corrected chi connectivity index (χ2v) is 14.2. The number of H-pyrrole nitrogens is 1. The maximum Gasteiger partial charge on any atom is 0.511 e. The van der Waals surface area contributed by atoms with Gasteiger partial charge in [-0.05, 0) is 26.0 Å². The van der Waals surface area contributed by atoms with E-state index in [1.165, 1.54) is 19.1 Å². The summed E-state index contributed by atoms with van der Waals surface area (Å²) in [6.45, 7) is 4.47. The van der Waals surface area contributed by atoms with Crippen molar-refractivity contribution in [3.8, 4) is 16.9 Å². The summed E-state index contributed by atoms with van der Waals surface area (Å²) in [5, 5.41) is 4.59. The van der Waals surface area contributed by atoms with Gasteiger partial charge in [0.15, 0.2) is 9.84 Å². The first-order chi connectivity index (χ1) is 21.1. The minimum atomic E-state index is -3.36. The molecule has 0 radical (unpaired) electrons. The molecule has 4 rings (SSSR count). The lowest BCUT2D eigenvalue weighted by atomic mass is 9.85. The highest BCUT2D eigenvalue weighted by Crippen LogP contribution is 2.44. The normalized spacial score (nSPS) is 12.4. The van der Waals surface area contributed by atoms with Crippen LogP contribution in [0.25, 0.3) is 16.9 Å². The highest BCUT2D eigenvalue weighted by atomic mass is 35.5. The average molecular weight is 698 g/mol. The Kier molecular flexibility index (Phi) is 10.2. The fourth-order valence-electron chi connectivity index (χ4n) is 4.11. The van der Waals surface area contributed by atoms with Gasteiger partial charge in [-0.25, -0.2) is 27.8 Å². The van der Waals surface area contributed by atoms with Crippen LogP contribution in [0.2, 0.25) is 10.0 Å². The lowest BCUT2D eigenvalue weighted by Crippen LogP contribution is -2.30. The van der Waals surface area contributed by atoms with Gasteiger partial charge in [0.05, 0.1) is 17.1 Å². The minimum absolute atomic E-state index is 0.0954. The van der Waals surface area contributed by atoms with Gasteiger partial charge >= 0.3 is 17.8 Å². The van der Waals surface area contributed by atoms with E-state index in [4.69, 9.17) is 42.4 Å². The smallest absolute Gasteiger partial charge is 0.433 e. The van der Waals surface area contributed by atoms with E-state index in [-0.39, 0.29) is 20.6 Å². The highest BCUT2D eigenvalue weighted by molar-refractivity contribution is 7.90. The average Bonchev–Trinajstić information content (AvgIpc) is 3.39. The number of rotatable bonds is 10. The number of carbonyl (C=O) groups is 2. The third-order valence-corrected chi connectivity index (χ3v) is 9.08. The van der Waals surface area contributed by atoms with E-state index in [1.807, 2.05) is 0 Å². The minimum Gasteiger partial charge on any atom is -0.433 e. The van der Waals surface area contributed by atoms with Crippen molar-refractivity contribution in [2.45, 2.75) is 32.5 Å². The van der Waals surface area contributed by atoms with Crippen LogP contribution in [0.3, 0.4) is 0 Å². The van der Waals surface area contributed by atoms with Crippen LogP contribution in [-0.4, -0.2) is 65.2 Å². The van der Waals surface area contributed by atoms with Gasteiger partial charge in [-0.1, -0.05) is 53.5 Å². The first-order valence-corrected chi connectivity index (χ1v) is 16.7. The van der Waals surface area contributed by atoms with Crippen LogP contribution in [-0.2, 0) is 29.5 Å². The molecule has 1 N–H and O–H groups in total. The van der Waals surface area contributed by atoms with Crippen molar-refractivity contribution in [2.75, 3.05) is 18.6 Å². The van der Waals surface area contributed by atoms with Crippen molar-refractivity contribution >= 4 is 56.5 Å². The van der Waals surface area contributed by atoms with Crippen molar-refractivity contribution in [3.05, 3.63) is 95.0 Å². The fourth-order valence-corrected chi connectivity index (χ4v) is 6.53. The van der Waals surface area contributed by atoms with Crippen LogP contribution in [0, 0.1) is 0 Å². The largest absolute Gasteiger partial charge is 0.511 e. The number of esters is 1. The number of hydrogen-bond donors (Lipinski definition) is 1. The molecular formula is C28H26Cl2N4O9S2. The molecule has 0 aliphatic carbocycles. The molecule has 1 unspecified atom stereocenters. The van der Waals surface area contributed by atoms with Crippen LogP contribution in [0.1, 0.15) is 41.0 Å². The van der Waals surface area contributed by atoms with Gasteiger partial charge in [-0.3, -0.25) is 9.78 Å². The Bertz CT molecular complexity index is 1950. The number of nitrogens with one attached hydrogen (secondary N) is 1. The number of ether oxygens (including phenoxy) is 3. The first kappa shape index (κ1) is 33.8. The number of benzene rings is 2. The van der Waals surface area contributed by atoms with E-state index in [2.05, 4.69) is 10.1 Å². The van der Waals surface area contributed by atoms with Gasteiger partial charge < -0.3 is 14.2 Å². The summed E-state index contributed by atoms with van der Waals surface area (Å²) in [5.74, 6) is -1.24. The van der Waals surface area contributed by atoms with Crippen molar-refractivity contribution in [3.63, 3.8) is 0 Å². The van der Waals surface area contributed by atoms with Gasteiger partial charge in [-0.15, -0.1) is 11.3 Å². The van der Waals surface area contributed by atoms with Crippen molar-refractivity contribution < 1.29 is 32.2 Å². The lowest BCUT2D eigenvalue weighted by Gasteiger charge is -2.25. The van der Waals surface area contributed by atoms with Crippen LogP contribution >= 0.6 is 34.5 Å². The van der Waals surface area contributed by atoms with Crippen LogP contribution in [0.15, 0.2) is 58.3 Å². The standard InChI is InChI=1S/C28H26Cl2N4O9S2/c1-15(43-27(38)41-10-11-45(4,39)40)42-24(36)23-22(16-8-6-5-7-9-16)33-25(44-23)28(2,3)21-18(29)12-17(13-19(21)30)34-26(37)32-20(35)14-31-34/h5-9,12-15H,10-11H2,1-4H3,(H,32,35,37). The third-order valence-electron chi connectivity index (χ3n) is 6.21. The molecule has 0 aliphatic rings. The second-order valence-electron chi connectivity index (χ2n) is 10.1. The fraction of sp³-hybridized carbons (Fsp3) is 0.286. The number of nitrogens with zero attached hydrogens (tertiary/aromatic N) is 3. The highest BCUT2D eigenvalue weighted by Gasteiger charge is 2.35. The van der Waals surface area contributed by atoms with E-state index in [0.717, 1.165) is 28.5 Å². The number of hydrogen-bond acceptors (Lipinski definition) is 12. The Balaban J connectivity index is 1.65. The second kappa shape index (κ2) is 13.5. The number of halogens is 2. The van der Waals surface area contributed by atoms with E-state index < -0.39 is 57.3 Å². The summed E-state index contributed by atoms with van der Waals surface area (Å²) < 4.78 is 38.4. The van der Waals surface area contributed by atoms with Crippen molar-refractivity contribution in [1.82, 2.24) is 19.7 Å². The maximum absolute atomic E-state index is 13.4. The number of thiazole rings is 1. The van der Waals surface area contributed by atoms with Crippen molar-refractivity contribution in [2.24, 2.45) is 0 Å². The SMILES string of the molecule is CC(OC(=O)OCCS(C)(=O)=O)OC(=O)c1sc(C(C)(C)c2c(Cl)cc(-n3ncc(=O)[nH]c3=O)cc2Cl)nc1-c1ccccc1. The molecule has 0 aliphatic heterocycles. The quantitative estimate of drug-likeness (QED) is 0.184. The van der Waals surface area contributed by atoms with E-state index in [0.29, 0.717) is 21.8 Å². The Hall–Kier alpha value is -4.05. The Morgan fingerprint density at radius 1 is 1.09 bits per heavy atom. The summed E-state index contributed by atoms with van der Waals surface area (Å²) in [7, 11) is -3.36. The van der Waals surface area contributed by atoms with Crippen LogP contribution < -0.4 is 11.2 Å². The summed E-state index contributed by atoms with van der Waals surface area (Å²) in [4.78, 5) is 56.0. The molecule has 2 heterocycles. The molecule has 0 amide bonds. The maximum atomic E-state index is 13.4. The number of carbonyl (C=O) groups excluding carboxylic acids is 2. The van der Waals surface area contributed by atoms with Crippen LogP contribution in [0.5, 0.6) is 0 Å². The summed E-state index contributed by atoms with van der Waals surface area (Å²) >= 11 is 14.4. The molecule has 17 heteroatoms. The molecule has 238 valence electrons. The van der Waals surface area contributed by atoms with Gasteiger partial charge in [0.1, 0.15) is 22.7 Å². The molecule has 0 saturated carbocycles. The molecule has 4 aromatic rings. The van der Waals surface area contributed by atoms with E-state index >= 15 is 0 Å². The molecule has 45 heavy (non-hydrogen) atoms. The molecule has 0 fully saturated rings. The van der Waals surface area contributed by atoms with Gasteiger partial charge in [-0.2, -0.15) is 9.78 Å². The predicted molar refractivity (Wildman–Crippen MR) is 167 cm³/mol. The molecule has 1 atom stereocenters. The molecule has 13 nitrogen and oxygen atoms in total. The topological polar surface area (TPSA) is 177 Å². The number of sulfone groups is 1. The molecule has 0 bridgehead atoms. The monoisotopic (exact) mass is 696 g/mol. The zero-order valence-corrected chi connectivity index (χ0v) is 27.3. The summed E-state index contributed by atoms with van der Waals surface area (Å²) in [6, 6.07) is 11.8. The first-order valence-electron chi connectivity index (χ1n) is 13.0. The Morgan fingerprint density at radius 2 is 1.73 bits per heavy atom. The molecular weight excluding hydrogens is 671 g/mol. The van der Waals surface area contributed by atoms with Gasteiger partial charge in [0.2, 0.25) is 6.29 Å². The van der Waals surface area contributed by atoms with Crippen LogP contribution in [0.4, 0.5) is 4.79 Å². The molecule has 0 saturated heterocycles. The number of aromatic nitrogens is 4. The Morgan fingerprint density at radius 3 is 2.33 bits per heavy atom. The van der Waals surface area contributed by atoms with Crippen molar-refractivity contribution in [1.29, 1.82) is 0 Å². The lowest BCUT2D eigenvalue weighted by molar-refractivity contribution is -0.0807. The van der Waals surface area contributed by atoms with E-state index in [9.17, 15) is 27.6 Å².